The molecule has 0 aliphatic heterocycles. The second-order valence-electron chi connectivity index (χ2n) is 3.47. The molecule has 86 valence electrons. The quantitative estimate of drug-likeness (QED) is 0.592. The van der Waals surface area contributed by atoms with Crippen LogP contribution in [0.5, 0.6) is 0 Å². The van der Waals surface area contributed by atoms with E-state index < -0.39 is 22.0 Å². The standard InChI is InChI=1S/C11H13O4S/c1-8-4-6-11(7-5-8)16(13,14)15-10(3)9(2)12/h4-7,10H,2H2,1,3H3/q+1. The molecule has 16 heavy (non-hydrogen) atoms. The first-order valence-electron chi connectivity index (χ1n) is 4.68. The van der Waals surface area contributed by atoms with Crippen LogP contribution in [0.1, 0.15) is 12.5 Å². The molecule has 0 heterocycles. The highest BCUT2D eigenvalue weighted by Gasteiger charge is 2.24. The monoisotopic (exact) mass is 241 g/mol. The molecule has 0 saturated heterocycles. The average molecular weight is 241 g/mol. The summed E-state index contributed by atoms with van der Waals surface area (Å²) in [4.78, 5) is 10.8. The second kappa shape index (κ2) is 4.67. The van der Waals surface area contributed by atoms with Crippen molar-refractivity contribution in [3.63, 3.8) is 0 Å². The molecule has 1 unspecified atom stereocenters. The number of hydrogen-bond donors (Lipinski definition) is 0. The predicted molar refractivity (Wildman–Crippen MR) is 59.3 cm³/mol. The van der Waals surface area contributed by atoms with Gasteiger partial charge in [-0.15, -0.1) is 0 Å². The largest absolute Gasteiger partial charge is 0.333 e. The molecule has 5 heteroatoms. The lowest BCUT2D eigenvalue weighted by Gasteiger charge is -2.07. The van der Waals surface area contributed by atoms with E-state index >= 15 is 0 Å². The van der Waals surface area contributed by atoms with Gasteiger partial charge in [-0.25, -0.2) is 4.79 Å². The van der Waals surface area contributed by atoms with Crippen LogP contribution in [0.25, 0.3) is 0 Å². The van der Waals surface area contributed by atoms with E-state index in [0.717, 1.165) is 5.56 Å². The summed E-state index contributed by atoms with van der Waals surface area (Å²) in [5, 5.41) is 0. The topological polar surface area (TPSA) is 60.4 Å². The Labute approximate surface area is 95.4 Å². The van der Waals surface area contributed by atoms with Crippen molar-refractivity contribution in [3.05, 3.63) is 36.8 Å². The van der Waals surface area contributed by atoms with Crippen LogP contribution in [-0.4, -0.2) is 20.3 Å². The lowest BCUT2D eigenvalue weighted by Crippen LogP contribution is -2.22. The third-order valence-electron chi connectivity index (χ3n) is 2.03. The zero-order valence-electron chi connectivity index (χ0n) is 9.14. The van der Waals surface area contributed by atoms with Crippen LogP contribution in [0, 0.1) is 13.8 Å². The summed E-state index contributed by atoms with van der Waals surface area (Å²) in [6, 6.07) is 6.19. The summed E-state index contributed by atoms with van der Waals surface area (Å²) >= 11 is 0. The minimum Gasteiger partial charge on any atom is -0.250 e. The van der Waals surface area contributed by atoms with E-state index in [1.165, 1.54) is 19.1 Å². The normalized spacial score (nSPS) is 13.4. The highest BCUT2D eigenvalue weighted by atomic mass is 32.2. The highest BCUT2D eigenvalue weighted by molar-refractivity contribution is 7.86. The SMILES string of the molecule is [CH2+]C(=O)C(C)OS(=O)(=O)c1ccc(C)cc1. The number of carbonyl (C=O) groups is 1. The molecule has 0 bridgehead atoms. The molecule has 1 aromatic rings. The van der Waals surface area contributed by atoms with E-state index in [4.69, 9.17) is 0 Å². The third-order valence-corrected chi connectivity index (χ3v) is 3.43. The van der Waals surface area contributed by atoms with Crippen molar-refractivity contribution in [1.29, 1.82) is 0 Å². The Bertz CT molecular complexity index is 473. The van der Waals surface area contributed by atoms with Crippen LogP contribution in [0.3, 0.4) is 0 Å². The fraction of sp³-hybridized carbons (Fsp3) is 0.273. The minimum absolute atomic E-state index is 0.0335. The Morgan fingerprint density at radius 3 is 2.25 bits per heavy atom. The summed E-state index contributed by atoms with van der Waals surface area (Å²) in [7, 11) is -3.88. The molecule has 1 atom stereocenters. The number of ketones is 1. The van der Waals surface area contributed by atoms with Gasteiger partial charge in [0, 0.05) is 0 Å². The van der Waals surface area contributed by atoms with Gasteiger partial charge in [0.1, 0.15) is 6.92 Å². The third kappa shape index (κ3) is 3.08. The van der Waals surface area contributed by atoms with Gasteiger partial charge in [-0.05, 0) is 26.0 Å². The maximum atomic E-state index is 11.7. The van der Waals surface area contributed by atoms with Gasteiger partial charge in [0.15, 0.2) is 6.10 Å². The number of benzene rings is 1. The van der Waals surface area contributed by atoms with E-state index in [9.17, 15) is 13.2 Å². The average Bonchev–Trinajstić information content (AvgIpc) is 2.17. The molecule has 1 rings (SSSR count). The number of Topliss-reactive ketones (excluding diaryl/α,β-unsaturated/α-hetero) is 1. The molecule has 0 fully saturated rings. The molecule has 0 saturated carbocycles. The fourth-order valence-electron chi connectivity index (χ4n) is 1.00. The molecule has 4 nitrogen and oxygen atoms in total. The van der Waals surface area contributed by atoms with Crippen molar-refractivity contribution in [2.45, 2.75) is 24.8 Å². The van der Waals surface area contributed by atoms with Crippen molar-refractivity contribution in [2.75, 3.05) is 0 Å². The van der Waals surface area contributed by atoms with Gasteiger partial charge in [-0.2, -0.15) is 8.42 Å². The van der Waals surface area contributed by atoms with Crippen LogP contribution in [0.15, 0.2) is 29.2 Å². The van der Waals surface area contributed by atoms with Gasteiger partial charge in [0.25, 0.3) is 10.1 Å². The molecule has 0 radical (unpaired) electrons. The van der Waals surface area contributed by atoms with E-state index in [0.29, 0.717) is 0 Å². The lowest BCUT2D eigenvalue weighted by molar-refractivity contribution is -0.120. The molecule has 0 amide bonds. The van der Waals surface area contributed by atoms with E-state index in [-0.39, 0.29) is 4.90 Å². The van der Waals surface area contributed by atoms with Gasteiger partial charge in [-0.3, -0.25) is 4.18 Å². The predicted octanol–water partition coefficient (Wildman–Crippen LogP) is 1.49. The van der Waals surface area contributed by atoms with E-state index in [1.54, 1.807) is 12.1 Å². The summed E-state index contributed by atoms with van der Waals surface area (Å²) < 4.78 is 28.0. The number of aryl methyl sites for hydroxylation is 1. The van der Waals surface area contributed by atoms with Gasteiger partial charge < -0.3 is 0 Å². The van der Waals surface area contributed by atoms with Crippen molar-refractivity contribution in [2.24, 2.45) is 0 Å². The summed E-state index contributed by atoms with van der Waals surface area (Å²) in [6.07, 6.45) is -1.06. The summed E-state index contributed by atoms with van der Waals surface area (Å²) in [6.45, 7) is 6.30. The van der Waals surface area contributed by atoms with Crippen LogP contribution in [0.4, 0.5) is 0 Å². The molecule has 0 N–H and O–H groups in total. The Morgan fingerprint density at radius 2 is 1.81 bits per heavy atom. The second-order valence-corrected chi connectivity index (χ2v) is 5.04. The van der Waals surface area contributed by atoms with Crippen molar-refractivity contribution in [3.8, 4) is 0 Å². The first kappa shape index (κ1) is 12.7. The Hall–Kier alpha value is -1.33. The van der Waals surface area contributed by atoms with Gasteiger partial charge in [0.2, 0.25) is 0 Å². The van der Waals surface area contributed by atoms with Gasteiger partial charge >= 0.3 is 5.78 Å². The Balaban J connectivity index is 2.94. The number of carbonyl (C=O) groups excluding carboxylic acids is 1. The molecular weight excluding hydrogens is 228 g/mol. The van der Waals surface area contributed by atoms with Crippen LogP contribution >= 0.6 is 0 Å². The highest BCUT2D eigenvalue weighted by Crippen LogP contribution is 2.15. The number of rotatable bonds is 4. The number of hydrogen-bond acceptors (Lipinski definition) is 4. The first-order chi connectivity index (χ1) is 7.33. The van der Waals surface area contributed by atoms with Crippen LogP contribution < -0.4 is 0 Å². The zero-order valence-corrected chi connectivity index (χ0v) is 9.95. The molecule has 0 aromatic heterocycles. The van der Waals surface area contributed by atoms with Crippen LogP contribution in [-0.2, 0) is 19.1 Å². The summed E-state index contributed by atoms with van der Waals surface area (Å²) in [5.74, 6) is -0.573. The molecular formula is C11H13O4S+. The van der Waals surface area contributed by atoms with E-state index in [1.807, 2.05) is 6.92 Å². The van der Waals surface area contributed by atoms with Crippen LogP contribution in [0.2, 0.25) is 0 Å². The maximum absolute atomic E-state index is 11.7. The fourth-order valence-corrected chi connectivity index (χ4v) is 2.07. The van der Waals surface area contributed by atoms with Crippen molar-refractivity contribution < 1.29 is 17.4 Å². The van der Waals surface area contributed by atoms with Crippen molar-refractivity contribution in [1.82, 2.24) is 0 Å². The summed E-state index contributed by atoms with van der Waals surface area (Å²) in [5.41, 5.74) is 0.945. The van der Waals surface area contributed by atoms with Gasteiger partial charge in [-0.1, -0.05) is 17.7 Å². The Kier molecular flexibility index (Phi) is 3.72. The first-order valence-corrected chi connectivity index (χ1v) is 6.09. The maximum Gasteiger partial charge on any atom is 0.333 e. The Morgan fingerprint density at radius 1 is 1.31 bits per heavy atom. The van der Waals surface area contributed by atoms with Crippen molar-refractivity contribution >= 4 is 15.9 Å². The lowest BCUT2D eigenvalue weighted by atomic mass is 10.2. The molecule has 0 aliphatic carbocycles. The van der Waals surface area contributed by atoms with Gasteiger partial charge in [0.05, 0.1) is 4.90 Å². The van der Waals surface area contributed by atoms with E-state index in [2.05, 4.69) is 11.1 Å². The zero-order chi connectivity index (χ0) is 12.3. The minimum atomic E-state index is -3.88. The molecule has 0 aliphatic rings. The smallest absolute Gasteiger partial charge is 0.250 e. The molecule has 1 aromatic carbocycles. The molecule has 0 spiro atoms.